The number of hydrogen-bond acceptors (Lipinski definition) is 4. The number of non-ortho nitro benzene ring substituents is 1. The molecule has 8 heteroatoms. The third-order valence-electron chi connectivity index (χ3n) is 3.90. The maximum absolute atomic E-state index is 12.4. The van der Waals surface area contributed by atoms with E-state index in [1.54, 1.807) is 18.2 Å². The van der Waals surface area contributed by atoms with Crippen LogP contribution in [0.25, 0.3) is 0 Å². The maximum atomic E-state index is 12.4. The number of benzene rings is 2. The highest BCUT2D eigenvalue weighted by Gasteiger charge is 2.16. The van der Waals surface area contributed by atoms with Crippen LogP contribution in [-0.2, 0) is 11.2 Å². The summed E-state index contributed by atoms with van der Waals surface area (Å²) in [5.74, 6) is -0.414. The van der Waals surface area contributed by atoms with Crippen molar-refractivity contribution in [1.82, 2.24) is 0 Å². The fourth-order valence-corrected chi connectivity index (χ4v) is 2.85. The maximum Gasteiger partial charge on any atom is 0.271 e. The van der Waals surface area contributed by atoms with Crippen molar-refractivity contribution in [2.45, 2.75) is 19.3 Å². The Morgan fingerprint density at radius 2 is 2.00 bits per heavy atom. The van der Waals surface area contributed by atoms with Crippen molar-refractivity contribution in [2.24, 2.45) is 0 Å². The van der Waals surface area contributed by atoms with Gasteiger partial charge in [-0.15, -0.1) is 0 Å². The van der Waals surface area contributed by atoms with Gasteiger partial charge in [0.2, 0.25) is 5.91 Å². The van der Waals surface area contributed by atoms with Crippen LogP contribution in [-0.4, -0.2) is 16.7 Å². The largest absolute Gasteiger partial charge is 0.326 e. The second-order valence-electron chi connectivity index (χ2n) is 5.65. The summed E-state index contributed by atoms with van der Waals surface area (Å²) in [5.41, 5.74) is 2.18. The molecule has 0 radical (unpaired) electrons. The minimum atomic E-state index is -0.557. The van der Waals surface area contributed by atoms with Crippen molar-refractivity contribution in [2.75, 3.05) is 10.6 Å². The first-order chi connectivity index (χ1) is 11.9. The van der Waals surface area contributed by atoms with Crippen LogP contribution < -0.4 is 10.6 Å². The van der Waals surface area contributed by atoms with E-state index in [1.807, 2.05) is 0 Å². The third kappa shape index (κ3) is 3.77. The Hall–Kier alpha value is -2.93. The van der Waals surface area contributed by atoms with Crippen LogP contribution >= 0.6 is 11.6 Å². The molecule has 2 aromatic carbocycles. The van der Waals surface area contributed by atoms with Gasteiger partial charge in [-0.3, -0.25) is 19.7 Å². The summed E-state index contributed by atoms with van der Waals surface area (Å²) in [5, 5.41) is 16.3. The Morgan fingerprint density at radius 1 is 1.20 bits per heavy atom. The van der Waals surface area contributed by atoms with E-state index in [0.29, 0.717) is 29.8 Å². The standard InChI is InChI=1S/C17H14ClN3O4/c18-13-9-12(21(24)25)5-7-15(13)20-17(23)11-4-6-14-10(8-11)2-1-3-16(22)19-14/h4-9H,1-3H2,(H,19,22)(H,20,23). The zero-order valence-electron chi connectivity index (χ0n) is 13.0. The zero-order valence-corrected chi connectivity index (χ0v) is 13.8. The van der Waals surface area contributed by atoms with Gasteiger partial charge in [0.1, 0.15) is 0 Å². The SMILES string of the molecule is O=C1CCCc2cc(C(=O)Nc3ccc([N+](=O)[O-])cc3Cl)ccc2N1. The molecule has 0 aliphatic carbocycles. The number of nitro benzene ring substituents is 1. The van der Waals surface area contributed by atoms with E-state index < -0.39 is 4.92 Å². The third-order valence-corrected chi connectivity index (χ3v) is 4.22. The summed E-state index contributed by atoms with van der Waals surface area (Å²) in [7, 11) is 0. The van der Waals surface area contributed by atoms with Gasteiger partial charge in [0.15, 0.2) is 0 Å². The van der Waals surface area contributed by atoms with E-state index in [2.05, 4.69) is 10.6 Å². The van der Waals surface area contributed by atoms with Crippen LogP contribution in [0.4, 0.5) is 17.1 Å². The van der Waals surface area contributed by atoms with Crippen molar-refractivity contribution in [3.8, 4) is 0 Å². The minimum absolute atomic E-state index is 0.0337. The van der Waals surface area contributed by atoms with E-state index >= 15 is 0 Å². The smallest absolute Gasteiger partial charge is 0.271 e. The van der Waals surface area contributed by atoms with E-state index in [9.17, 15) is 19.7 Å². The average Bonchev–Trinajstić information content (AvgIpc) is 2.76. The highest BCUT2D eigenvalue weighted by Crippen LogP contribution is 2.28. The molecule has 0 unspecified atom stereocenters. The van der Waals surface area contributed by atoms with Gasteiger partial charge in [0.05, 0.1) is 15.6 Å². The van der Waals surface area contributed by atoms with Gasteiger partial charge in [-0.25, -0.2) is 0 Å². The lowest BCUT2D eigenvalue weighted by atomic mass is 10.0. The Kier molecular flexibility index (Phi) is 4.67. The zero-order chi connectivity index (χ0) is 18.0. The van der Waals surface area contributed by atoms with Gasteiger partial charge in [-0.2, -0.15) is 0 Å². The first kappa shape index (κ1) is 16.9. The number of carbonyl (C=O) groups is 2. The lowest BCUT2D eigenvalue weighted by Crippen LogP contribution is -2.13. The number of rotatable bonds is 3. The number of halogens is 1. The van der Waals surface area contributed by atoms with E-state index in [-0.39, 0.29) is 22.5 Å². The molecule has 2 N–H and O–H groups in total. The summed E-state index contributed by atoms with van der Waals surface area (Å²) in [6.45, 7) is 0. The van der Waals surface area contributed by atoms with Gasteiger partial charge < -0.3 is 10.6 Å². The molecule has 1 aliphatic rings. The van der Waals surface area contributed by atoms with E-state index in [4.69, 9.17) is 11.6 Å². The van der Waals surface area contributed by atoms with Crippen LogP contribution in [0.1, 0.15) is 28.8 Å². The Bertz CT molecular complexity index is 882. The molecular formula is C17H14ClN3O4. The van der Waals surface area contributed by atoms with Gasteiger partial charge >= 0.3 is 0 Å². The minimum Gasteiger partial charge on any atom is -0.326 e. The molecule has 25 heavy (non-hydrogen) atoms. The number of nitro groups is 1. The van der Waals surface area contributed by atoms with Crippen molar-refractivity contribution in [3.63, 3.8) is 0 Å². The van der Waals surface area contributed by atoms with Crippen LogP contribution in [0.15, 0.2) is 36.4 Å². The summed E-state index contributed by atoms with van der Waals surface area (Å²) < 4.78 is 0. The molecule has 1 heterocycles. The molecular weight excluding hydrogens is 346 g/mol. The molecule has 0 saturated carbocycles. The molecule has 7 nitrogen and oxygen atoms in total. The van der Waals surface area contributed by atoms with Crippen molar-refractivity contribution >= 4 is 40.5 Å². The average molecular weight is 360 g/mol. The number of nitrogens with one attached hydrogen (secondary N) is 2. The summed E-state index contributed by atoms with van der Waals surface area (Å²) in [4.78, 5) is 34.2. The van der Waals surface area contributed by atoms with Crippen LogP contribution in [0.5, 0.6) is 0 Å². The summed E-state index contributed by atoms with van der Waals surface area (Å²) in [6, 6.07) is 8.89. The fourth-order valence-electron chi connectivity index (χ4n) is 2.63. The molecule has 0 bridgehead atoms. The Balaban J connectivity index is 1.81. The first-order valence-corrected chi connectivity index (χ1v) is 8.00. The Labute approximate surface area is 148 Å². The van der Waals surface area contributed by atoms with E-state index in [0.717, 1.165) is 12.0 Å². The predicted octanol–water partition coefficient (Wildman–Crippen LogP) is 3.78. The number of fused-ring (bicyclic) bond motifs is 1. The topological polar surface area (TPSA) is 101 Å². The predicted molar refractivity (Wildman–Crippen MR) is 94.1 cm³/mol. The lowest BCUT2D eigenvalue weighted by molar-refractivity contribution is -0.384. The van der Waals surface area contributed by atoms with Gasteiger partial charge in [-0.1, -0.05) is 11.6 Å². The molecule has 0 saturated heterocycles. The van der Waals surface area contributed by atoms with Crippen LogP contribution in [0.3, 0.4) is 0 Å². The second kappa shape index (κ2) is 6.90. The van der Waals surface area contributed by atoms with Crippen LogP contribution in [0, 0.1) is 10.1 Å². The molecule has 2 aromatic rings. The number of aryl methyl sites for hydroxylation is 1. The van der Waals surface area contributed by atoms with Crippen molar-refractivity contribution < 1.29 is 14.5 Å². The van der Waals surface area contributed by atoms with Gasteiger partial charge in [-0.05, 0) is 42.7 Å². The van der Waals surface area contributed by atoms with Crippen LogP contribution in [0.2, 0.25) is 5.02 Å². The second-order valence-corrected chi connectivity index (χ2v) is 6.06. The molecule has 0 spiro atoms. The molecule has 2 amide bonds. The summed E-state index contributed by atoms with van der Waals surface area (Å²) >= 11 is 5.99. The van der Waals surface area contributed by atoms with Gasteiger partial charge in [0, 0.05) is 29.8 Å². The normalized spacial score (nSPS) is 13.4. The number of carbonyl (C=O) groups excluding carboxylic acids is 2. The number of hydrogen-bond donors (Lipinski definition) is 2. The number of nitrogens with zero attached hydrogens (tertiary/aromatic N) is 1. The Morgan fingerprint density at radius 3 is 2.72 bits per heavy atom. The fraction of sp³-hybridized carbons (Fsp3) is 0.176. The molecule has 0 aromatic heterocycles. The highest BCUT2D eigenvalue weighted by atomic mass is 35.5. The molecule has 128 valence electrons. The number of amides is 2. The molecule has 0 fully saturated rings. The molecule has 3 rings (SSSR count). The highest BCUT2D eigenvalue weighted by molar-refractivity contribution is 6.34. The van der Waals surface area contributed by atoms with Crippen molar-refractivity contribution in [1.29, 1.82) is 0 Å². The molecule has 0 atom stereocenters. The quantitative estimate of drug-likeness (QED) is 0.643. The summed E-state index contributed by atoms with van der Waals surface area (Å²) in [6.07, 6.45) is 1.88. The first-order valence-electron chi connectivity index (χ1n) is 7.62. The van der Waals surface area contributed by atoms with Crippen molar-refractivity contribution in [3.05, 3.63) is 62.7 Å². The monoisotopic (exact) mass is 359 g/mol. The number of anilines is 2. The van der Waals surface area contributed by atoms with Gasteiger partial charge in [0.25, 0.3) is 11.6 Å². The van der Waals surface area contributed by atoms with E-state index in [1.165, 1.54) is 18.2 Å². The lowest BCUT2D eigenvalue weighted by Gasteiger charge is -2.10. The molecule has 1 aliphatic heterocycles.